The summed E-state index contributed by atoms with van der Waals surface area (Å²) >= 11 is 12.3. The van der Waals surface area contributed by atoms with Crippen LogP contribution in [0, 0.1) is 5.82 Å². The van der Waals surface area contributed by atoms with Crippen LogP contribution < -0.4 is 5.32 Å². The summed E-state index contributed by atoms with van der Waals surface area (Å²) in [6, 6.07) is 11.6. The Bertz CT molecular complexity index is 1130. The molecule has 0 saturated heterocycles. The van der Waals surface area contributed by atoms with Gasteiger partial charge in [0, 0.05) is 21.5 Å². The van der Waals surface area contributed by atoms with Gasteiger partial charge in [-0.05, 0) is 63.2 Å². The van der Waals surface area contributed by atoms with Crippen LogP contribution >= 0.6 is 23.2 Å². The first-order valence-corrected chi connectivity index (χ1v) is 9.83. The molecule has 0 fully saturated rings. The Morgan fingerprint density at radius 1 is 1.10 bits per heavy atom. The highest BCUT2D eigenvalue weighted by atomic mass is 35.5. The van der Waals surface area contributed by atoms with Crippen LogP contribution in [0.4, 0.5) is 4.39 Å². The Morgan fingerprint density at radius 3 is 2.50 bits per heavy atom. The number of fused-ring (bicyclic) bond motifs is 1. The topological polar surface area (TPSA) is 68.3 Å². The number of pyridine rings is 1. The van der Waals surface area contributed by atoms with Crippen molar-refractivity contribution >= 4 is 46.0 Å². The zero-order valence-electron chi connectivity index (χ0n) is 16.5. The number of carbonyl (C=O) groups excluding carboxylic acids is 2. The van der Waals surface area contributed by atoms with Gasteiger partial charge in [-0.1, -0.05) is 29.3 Å². The van der Waals surface area contributed by atoms with Crippen LogP contribution in [-0.2, 0) is 9.53 Å². The largest absolute Gasteiger partial charge is 0.444 e. The van der Waals surface area contributed by atoms with Crippen molar-refractivity contribution in [1.29, 1.82) is 0 Å². The first-order chi connectivity index (χ1) is 14.0. The summed E-state index contributed by atoms with van der Waals surface area (Å²) in [6.07, 6.45) is -1.40. The Hall–Kier alpha value is -2.70. The van der Waals surface area contributed by atoms with Crippen LogP contribution in [0.2, 0.25) is 10.2 Å². The van der Waals surface area contributed by atoms with Gasteiger partial charge in [-0.2, -0.15) is 0 Å². The quantitative estimate of drug-likeness (QED) is 0.422. The summed E-state index contributed by atoms with van der Waals surface area (Å²) in [4.78, 5) is 29.9. The zero-order chi connectivity index (χ0) is 22.1. The van der Waals surface area contributed by atoms with E-state index in [2.05, 4.69) is 10.3 Å². The molecule has 3 rings (SSSR count). The molecule has 0 aliphatic carbocycles. The third kappa shape index (κ3) is 5.26. The highest BCUT2D eigenvalue weighted by molar-refractivity contribution is 6.31. The Morgan fingerprint density at radius 2 is 1.83 bits per heavy atom. The van der Waals surface area contributed by atoms with E-state index in [4.69, 9.17) is 27.9 Å². The highest BCUT2D eigenvalue weighted by Gasteiger charge is 2.31. The van der Waals surface area contributed by atoms with E-state index in [1.54, 1.807) is 32.9 Å². The van der Waals surface area contributed by atoms with Gasteiger partial charge in [-0.15, -0.1) is 0 Å². The van der Waals surface area contributed by atoms with E-state index < -0.39 is 29.3 Å². The normalized spacial score (nSPS) is 12.5. The van der Waals surface area contributed by atoms with Crippen molar-refractivity contribution in [2.24, 2.45) is 0 Å². The summed E-state index contributed by atoms with van der Waals surface area (Å²) in [5.74, 6) is -1.82. The zero-order valence-corrected chi connectivity index (χ0v) is 18.0. The summed E-state index contributed by atoms with van der Waals surface area (Å²) in [7, 11) is 0. The molecular formula is C22H19Cl2FN2O3. The van der Waals surface area contributed by atoms with Gasteiger partial charge in [-0.3, -0.25) is 4.79 Å². The van der Waals surface area contributed by atoms with E-state index in [1.165, 1.54) is 36.4 Å². The number of hydrogen-bond donors (Lipinski definition) is 1. The lowest BCUT2D eigenvalue weighted by Crippen LogP contribution is -2.44. The lowest BCUT2D eigenvalue weighted by molar-refractivity contribution is -0.131. The van der Waals surface area contributed by atoms with Crippen molar-refractivity contribution in [3.8, 4) is 0 Å². The van der Waals surface area contributed by atoms with E-state index in [9.17, 15) is 14.0 Å². The van der Waals surface area contributed by atoms with Gasteiger partial charge in [0.2, 0.25) is 6.10 Å². The fraction of sp³-hybridized carbons (Fsp3) is 0.227. The molecule has 0 aliphatic heterocycles. The Balaban J connectivity index is 2.05. The molecule has 1 N–H and O–H groups in total. The molecule has 3 aromatic rings. The second-order valence-electron chi connectivity index (χ2n) is 7.74. The van der Waals surface area contributed by atoms with Crippen molar-refractivity contribution in [3.05, 3.63) is 75.7 Å². The van der Waals surface area contributed by atoms with Crippen LogP contribution in [-0.4, -0.2) is 22.4 Å². The van der Waals surface area contributed by atoms with Gasteiger partial charge in [0.1, 0.15) is 11.0 Å². The molecule has 1 amide bonds. The van der Waals surface area contributed by atoms with Crippen molar-refractivity contribution in [2.75, 3.05) is 0 Å². The summed E-state index contributed by atoms with van der Waals surface area (Å²) in [5.41, 5.74) is 0.167. The number of benzene rings is 2. The van der Waals surface area contributed by atoms with Crippen LogP contribution in [0.3, 0.4) is 0 Å². The average molecular weight is 449 g/mol. The first kappa shape index (κ1) is 22.0. The number of ether oxygens (including phenoxy) is 1. The van der Waals surface area contributed by atoms with E-state index in [0.29, 0.717) is 15.9 Å². The molecule has 0 aliphatic rings. The van der Waals surface area contributed by atoms with Gasteiger partial charge in [0.15, 0.2) is 0 Å². The summed E-state index contributed by atoms with van der Waals surface area (Å²) in [6.45, 7) is 5.36. The van der Waals surface area contributed by atoms with Gasteiger partial charge in [0.05, 0.1) is 11.1 Å². The van der Waals surface area contributed by atoms with E-state index in [1.807, 2.05) is 0 Å². The molecule has 2 aromatic carbocycles. The van der Waals surface area contributed by atoms with Gasteiger partial charge >= 0.3 is 5.97 Å². The number of hydrogen-bond acceptors (Lipinski definition) is 4. The number of nitrogens with one attached hydrogen (secondary N) is 1. The van der Waals surface area contributed by atoms with E-state index in [0.717, 1.165) is 0 Å². The average Bonchev–Trinajstić information content (AvgIpc) is 2.64. The van der Waals surface area contributed by atoms with E-state index >= 15 is 0 Å². The smallest absolute Gasteiger partial charge is 0.339 e. The Labute approximate surface area is 183 Å². The van der Waals surface area contributed by atoms with Gasteiger partial charge in [0.25, 0.3) is 5.91 Å². The third-order valence-corrected chi connectivity index (χ3v) is 4.60. The number of esters is 1. The minimum atomic E-state index is -1.40. The molecule has 0 bridgehead atoms. The molecule has 5 nitrogen and oxygen atoms in total. The molecule has 156 valence electrons. The minimum Gasteiger partial charge on any atom is -0.444 e. The fourth-order valence-electron chi connectivity index (χ4n) is 2.81. The summed E-state index contributed by atoms with van der Waals surface area (Å²) < 4.78 is 19.2. The SMILES string of the molecule is CC(C)(C)NC(=O)C(OC(=O)c1cccc(Cl)c1)c1cc2cc(F)ccc2nc1Cl. The predicted molar refractivity (Wildman–Crippen MR) is 114 cm³/mol. The van der Waals surface area contributed by atoms with Gasteiger partial charge < -0.3 is 10.1 Å². The highest BCUT2D eigenvalue weighted by Crippen LogP contribution is 2.30. The van der Waals surface area contributed by atoms with Crippen molar-refractivity contribution in [2.45, 2.75) is 32.4 Å². The fourth-order valence-corrected chi connectivity index (χ4v) is 3.24. The van der Waals surface area contributed by atoms with Crippen molar-refractivity contribution in [3.63, 3.8) is 0 Å². The number of amides is 1. The first-order valence-electron chi connectivity index (χ1n) is 9.08. The molecule has 0 radical (unpaired) electrons. The second-order valence-corrected chi connectivity index (χ2v) is 8.53. The number of nitrogens with zero attached hydrogens (tertiary/aromatic N) is 1. The van der Waals surface area contributed by atoms with Crippen LogP contribution in [0.15, 0.2) is 48.5 Å². The van der Waals surface area contributed by atoms with Crippen molar-refractivity contribution < 1.29 is 18.7 Å². The number of halogens is 3. The lowest BCUT2D eigenvalue weighted by Gasteiger charge is -2.25. The van der Waals surface area contributed by atoms with Crippen LogP contribution in [0.1, 0.15) is 42.8 Å². The molecule has 0 saturated carbocycles. The third-order valence-electron chi connectivity index (χ3n) is 4.06. The van der Waals surface area contributed by atoms with E-state index in [-0.39, 0.29) is 16.3 Å². The molecule has 1 unspecified atom stereocenters. The molecule has 1 heterocycles. The summed E-state index contributed by atoms with van der Waals surface area (Å²) in [5, 5.41) is 3.51. The molecule has 30 heavy (non-hydrogen) atoms. The predicted octanol–water partition coefficient (Wildman–Crippen LogP) is 5.49. The number of carbonyl (C=O) groups is 2. The maximum Gasteiger partial charge on any atom is 0.339 e. The second kappa shape index (κ2) is 8.58. The Kier molecular flexibility index (Phi) is 6.29. The number of aromatic nitrogens is 1. The maximum atomic E-state index is 13.7. The van der Waals surface area contributed by atoms with Crippen molar-refractivity contribution in [1.82, 2.24) is 10.3 Å². The maximum absolute atomic E-state index is 13.7. The molecule has 0 spiro atoms. The van der Waals surface area contributed by atoms with Crippen LogP contribution in [0.25, 0.3) is 10.9 Å². The molecule has 8 heteroatoms. The molecule has 1 aromatic heterocycles. The van der Waals surface area contributed by atoms with Gasteiger partial charge in [-0.25, -0.2) is 14.2 Å². The molecular weight excluding hydrogens is 430 g/mol. The standard InChI is InChI=1S/C22H19Cl2FN2O3/c1-22(2,3)27-20(28)18(30-21(29)12-5-4-6-14(23)9-12)16-11-13-10-15(25)7-8-17(13)26-19(16)24/h4-11,18H,1-3H3,(H,27,28). The number of rotatable bonds is 4. The lowest BCUT2D eigenvalue weighted by atomic mass is 10.0. The minimum absolute atomic E-state index is 0.0259. The monoisotopic (exact) mass is 448 g/mol. The molecule has 1 atom stereocenters. The van der Waals surface area contributed by atoms with Crippen LogP contribution in [0.5, 0.6) is 0 Å².